The molecule has 0 aliphatic rings. The van der Waals surface area contributed by atoms with Crippen LogP contribution < -0.4 is 5.32 Å². The fourth-order valence-electron chi connectivity index (χ4n) is 1.35. The lowest BCUT2D eigenvalue weighted by Gasteiger charge is -2.14. The molecule has 0 aliphatic heterocycles. The molecule has 0 saturated carbocycles. The van der Waals surface area contributed by atoms with Gasteiger partial charge < -0.3 is 10.4 Å². The van der Waals surface area contributed by atoms with Gasteiger partial charge in [0.1, 0.15) is 0 Å². The van der Waals surface area contributed by atoms with Crippen molar-refractivity contribution in [2.75, 3.05) is 0 Å². The molecule has 0 unspecified atom stereocenters. The summed E-state index contributed by atoms with van der Waals surface area (Å²) >= 11 is 0. The molecule has 88 valence electrons. The Bertz CT molecular complexity index is 434. The van der Waals surface area contributed by atoms with Crippen molar-refractivity contribution in [1.82, 2.24) is 5.32 Å². The molecule has 0 radical (unpaired) electrons. The second kappa shape index (κ2) is 6.33. The highest BCUT2D eigenvalue weighted by Crippen LogP contribution is 2.12. The Morgan fingerprint density at radius 3 is 2.53 bits per heavy atom. The van der Waals surface area contributed by atoms with Gasteiger partial charge in [0, 0.05) is 12.8 Å². The van der Waals surface area contributed by atoms with Crippen LogP contribution in [0.3, 0.4) is 0 Å². The zero-order chi connectivity index (χ0) is 12.7. The second-order valence-electron chi connectivity index (χ2n) is 3.45. The Kier molecular flexibility index (Phi) is 4.77. The molecule has 1 amide bonds. The summed E-state index contributed by atoms with van der Waals surface area (Å²) in [5.41, 5.74) is 0.536. The van der Waals surface area contributed by atoms with Crippen LogP contribution in [0.2, 0.25) is 0 Å². The van der Waals surface area contributed by atoms with E-state index < -0.39 is 12.0 Å². The van der Waals surface area contributed by atoms with Gasteiger partial charge >= 0.3 is 5.97 Å². The molecule has 17 heavy (non-hydrogen) atoms. The maximum atomic E-state index is 11.4. The lowest BCUT2D eigenvalue weighted by Crippen LogP contribution is -2.33. The third kappa shape index (κ3) is 3.99. The number of benzene rings is 1. The van der Waals surface area contributed by atoms with Crippen LogP contribution in [0.1, 0.15) is 24.4 Å². The van der Waals surface area contributed by atoms with Crippen LogP contribution in [0.4, 0.5) is 0 Å². The fraction of sp³-hybridized carbons (Fsp3) is 0.231. The highest BCUT2D eigenvalue weighted by Gasteiger charge is 2.21. The van der Waals surface area contributed by atoms with Gasteiger partial charge in [-0.3, -0.25) is 4.79 Å². The molecule has 1 atom stereocenters. The lowest BCUT2D eigenvalue weighted by atomic mass is 10.1. The van der Waals surface area contributed by atoms with Crippen molar-refractivity contribution in [1.29, 1.82) is 0 Å². The average Bonchev–Trinajstić information content (AvgIpc) is 2.34. The van der Waals surface area contributed by atoms with Crippen molar-refractivity contribution < 1.29 is 14.7 Å². The molecule has 0 aliphatic carbocycles. The predicted molar refractivity (Wildman–Crippen MR) is 63.0 cm³/mol. The zero-order valence-electron chi connectivity index (χ0n) is 9.22. The lowest BCUT2D eigenvalue weighted by molar-refractivity contribution is -0.142. The Morgan fingerprint density at radius 2 is 2.00 bits per heavy atom. The van der Waals surface area contributed by atoms with Crippen molar-refractivity contribution in [3.63, 3.8) is 0 Å². The summed E-state index contributed by atoms with van der Waals surface area (Å²) < 4.78 is 0. The molecule has 0 aromatic heterocycles. The molecule has 0 spiro atoms. The van der Waals surface area contributed by atoms with E-state index in [2.05, 4.69) is 11.2 Å². The second-order valence-corrected chi connectivity index (χ2v) is 3.45. The van der Waals surface area contributed by atoms with Gasteiger partial charge in [-0.1, -0.05) is 30.3 Å². The van der Waals surface area contributed by atoms with E-state index in [-0.39, 0.29) is 12.3 Å². The first-order chi connectivity index (χ1) is 8.15. The number of nitrogens with one attached hydrogen (secondary N) is 1. The SMILES string of the molecule is C#CCCC(=O)N[C@@H](C(=O)O)c1ccccc1. The minimum atomic E-state index is -1.09. The van der Waals surface area contributed by atoms with Gasteiger partial charge in [0.15, 0.2) is 6.04 Å². The molecule has 4 nitrogen and oxygen atoms in total. The Morgan fingerprint density at radius 1 is 1.35 bits per heavy atom. The summed E-state index contributed by atoms with van der Waals surface area (Å²) in [4.78, 5) is 22.5. The number of carboxylic acid groups (broad SMARTS) is 1. The van der Waals surface area contributed by atoms with Gasteiger partial charge in [0.05, 0.1) is 0 Å². The van der Waals surface area contributed by atoms with Crippen molar-refractivity contribution in [3.8, 4) is 12.3 Å². The number of hydrogen-bond acceptors (Lipinski definition) is 2. The van der Waals surface area contributed by atoms with E-state index >= 15 is 0 Å². The minimum Gasteiger partial charge on any atom is -0.479 e. The van der Waals surface area contributed by atoms with Gasteiger partial charge in [-0.05, 0) is 5.56 Å². The number of carbonyl (C=O) groups excluding carboxylic acids is 1. The molecule has 0 saturated heterocycles. The monoisotopic (exact) mass is 231 g/mol. The quantitative estimate of drug-likeness (QED) is 0.751. The number of amides is 1. The molecule has 1 rings (SSSR count). The summed E-state index contributed by atoms with van der Waals surface area (Å²) in [6.07, 6.45) is 5.46. The van der Waals surface area contributed by atoms with Gasteiger partial charge in [-0.2, -0.15) is 0 Å². The molecule has 0 heterocycles. The van der Waals surface area contributed by atoms with Crippen LogP contribution in [0, 0.1) is 12.3 Å². The summed E-state index contributed by atoms with van der Waals surface area (Å²) in [5.74, 6) is 0.878. The first-order valence-corrected chi connectivity index (χ1v) is 5.15. The largest absolute Gasteiger partial charge is 0.479 e. The fourth-order valence-corrected chi connectivity index (χ4v) is 1.35. The number of aliphatic carboxylic acids is 1. The Hall–Kier alpha value is -2.28. The van der Waals surface area contributed by atoms with Crippen molar-refractivity contribution >= 4 is 11.9 Å². The first kappa shape index (κ1) is 12.8. The molecule has 4 heteroatoms. The molecule has 2 N–H and O–H groups in total. The molecular formula is C13H13NO3. The Balaban J connectivity index is 2.72. The van der Waals surface area contributed by atoms with Crippen LogP contribution in [-0.4, -0.2) is 17.0 Å². The van der Waals surface area contributed by atoms with Crippen molar-refractivity contribution in [2.24, 2.45) is 0 Å². The maximum absolute atomic E-state index is 11.4. The molecule has 0 fully saturated rings. The minimum absolute atomic E-state index is 0.132. The zero-order valence-corrected chi connectivity index (χ0v) is 9.22. The van der Waals surface area contributed by atoms with E-state index in [1.54, 1.807) is 30.3 Å². The summed E-state index contributed by atoms with van der Waals surface area (Å²) in [5, 5.41) is 11.5. The van der Waals surface area contributed by atoms with Gasteiger partial charge in [0.25, 0.3) is 0 Å². The normalized spacial score (nSPS) is 11.2. The third-order valence-corrected chi connectivity index (χ3v) is 2.18. The van der Waals surface area contributed by atoms with Gasteiger partial charge in [0.2, 0.25) is 5.91 Å². The standard InChI is InChI=1S/C13H13NO3/c1-2-3-9-11(15)14-12(13(16)17)10-7-5-4-6-8-10/h1,4-8,12H,3,9H2,(H,14,15)(H,16,17)/t12-/m1/s1. The highest BCUT2D eigenvalue weighted by atomic mass is 16.4. The third-order valence-electron chi connectivity index (χ3n) is 2.18. The number of carbonyl (C=O) groups is 2. The van der Waals surface area contributed by atoms with E-state index in [9.17, 15) is 9.59 Å². The molecule has 0 bridgehead atoms. The van der Waals surface area contributed by atoms with Crippen LogP contribution in [0.25, 0.3) is 0 Å². The van der Waals surface area contributed by atoms with Crippen LogP contribution in [-0.2, 0) is 9.59 Å². The predicted octanol–water partition coefficient (Wildman–Crippen LogP) is 1.34. The smallest absolute Gasteiger partial charge is 0.330 e. The molecule has 1 aromatic carbocycles. The van der Waals surface area contributed by atoms with Crippen molar-refractivity contribution in [2.45, 2.75) is 18.9 Å². The summed E-state index contributed by atoms with van der Waals surface area (Å²) in [7, 11) is 0. The summed E-state index contributed by atoms with van der Waals surface area (Å²) in [6.45, 7) is 0. The van der Waals surface area contributed by atoms with E-state index in [0.717, 1.165) is 0 Å². The van der Waals surface area contributed by atoms with Crippen LogP contribution in [0.15, 0.2) is 30.3 Å². The summed E-state index contributed by atoms with van der Waals surface area (Å²) in [6, 6.07) is 7.50. The Labute approximate surface area is 99.7 Å². The maximum Gasteiger partial charge on any atom is 0.330 e. The van der Waals surface area contributed by atoms with E-state index in [1.165, 1.54) is 0 Å². The number of hydrogen-bond donors (Lipinski definition) is 2. The van der Waals surface area contributed by atoms with Crippen molar-refractivity contribution in [3.05, 3.63) is 35.9 Å². The van der Waals surface area contributed by atoms with Crippen LogP contribution in [0.5, 0.6) is 0 Å². The van der Waals surface area contributed by atoms with Gasteiger partial charge in [-0.15, -0.1) is 12.3 Å². The number of carboxylic acids is 1. The first-order valence-electron chi connectivity index (χ1n) is 5.15. The molecule has 1 aromatic rings. The number of terminal acetylenes is 1. The highest BCUT2D eigenvalue weighted by molar-refractivity contribution is 5.84. The van der Waals surface area contributed by atoms with E-state index in [1.807, 2.05) is 0 Å². The number of rotatable bonds is 5. The van der Waals surface area contributed by atoms with E-state index in [4.69, 9.17) is 11.5 Å². The average molecular weight is 231 g/mol. The molecular weight excluding hydrogens is 218 g/mol. The van der Waals surface area contributed by atoms with Crippen LogP contribution >= 0.6 is 0 Å². The van der Waals surface area contributed by atoms with Gasteiger partial charge in [-0.25, -0.2) is 4.79 Å². The van der Waals surface area contributed by atoms with E-state index in [0.29, 0.717) is 12.0 Å². The topological polar surface area (TPSA) is 66.4 Å².